The number of rotatable bonds is 4. The Morgan fingerprint density at radius 3 is 3.00 bits per heavy atom. The average molecular weight is 234 g/mol. The standard InChI is InChI=1S/C14H22N2O/c1-11-3-4-13(8-15)14(7-11)16-6-5-12(9-16)10-17-2/h3-4,7,12H,5-6,8-10,15H2,1-2H3. The van der Waals surface area contributed by atoms with Crippen LogP contribution in [0.4, 0.5) is 5.69 Å². The molecule has 0 aliphatic carbocycles. The minimum absolute atomic E-state index is 0.612. The summed E-state index contributed by atoms with van der Waals surface area (Å²) in [6.07, 6.45) is 1.21. The minimum Gasteiger partial charge on any atom is -0.384 e. The lowest BCUT2D eigenvalue weighted by molar-refractivity contribution is 0.161. The highest BCUT2D eigenvalue weighted by Crippen LogP contribution is 2.28. The van der Waals surface area contributed by atoms with Crippen molar-refractivity contribution in [3.8, 4) is 0 Å². The van der Waals surface area contributed by atoms with E-state index < -0.39 is 0 Å². The molecule has 0 amide bonds. The van der Waals surface area contributed by atoms with Crippen LogP contribution >= 0.6 is 0 Å². The predicted octanol–water partition coefficient (Wildman–Crippen LogP) is 1.93. The van der Waals surface area contributed by atoms with Gasteiger partial charge in [0.2, 0.25) is 0 Å². The van der Waals surface area contributed by atoms with Crippen LogP contribution in [-0.4, -0.2) is 26.8 Å². The molecule has 17 heavy (non-hydrogen) atoms. The molecule has 0 bridgehead atoms. The Hall–Kier alpha value is -1.06. The largest absolute Gasteiger partial charge is 0.384 e. The normalized spacial score (nSPS) is 19.9. The summed E-state index contributed by atoms with van der Waals surface area (Å²) in [4.78, 5) is 2.44. The Morgan fingerprint density at radius 1 is 1.47 bits per heavy atom. The molecule has 0 aromatic heterocycles. The van der Waals surface area contributed by atoms with Crippen LogP contribution in [0.3, 0.4) is 0 Å². The van der Waals surface area contributed by atoms with Gasteiger partial charge in [0.05, 0.1) is 6.61 Å². The molecule has 2 N–H and O–H groups in total. The first-order valence-corrected chi connectivity index (χ1v) is 6.28. The fraction of sp³-hybridized carbons (Fsp3) is 0.571. The van der Waals surface area contributed by atoms with Gasteiger partial charge in [0, 0.05) is 38.3 Å². The molecule has 0 spiro atoms. The molecule has 1 aromatic rings. The molecular formula is C14H22N2O. The van der Waals surface area contributed by atoms with E-state index in [9.17, 15) is 0 Å². The predicted molar refractivity (Wildman–Crippen MR) is 71.3 cm³/mol. The third kappa shape index (κ3) is 2.79. The molecule has 3 heteroatoms. The van der Waals surface area contributed by atoms with Gasteiger partial charge in [-0.15, -0.1) is 0 Å². The van der Waals surface area contributed by atoms with Crippen LogP contribution < -0.4 is 10.6 Å². The Morgan fingerprint density at radius 2 is 2.29 bits per heavy atom. The lowest BCUT2D eigenvalue weighted by Crippen LogP contribution is -2.23. The van der Waals surface area contributed by atoms with E-state index in [1.54, 1.807) is 7.11 Å². The van der Waals surface area contributed by atoms with Gasteiger partial charge in [-0.1, -0.05) is 12.1 Å². The van der Waals surface area contributed by atoms with Crippen molar-refractivity contribution in [3.63, 3.8) is 0 Å². The van der Waals surface area contributed by atoms with Gasteiger partial charge in [0.15, 0.2) is 0 Å². The summed E-state index contributed by atoms with van der Waals surface area (Å²) in [6.45, 7) is 5.81. The smallest absolute Gasteiger partial charge is 0.0508 e. The molecule has 1 saturated heterocycles. The monoisotopic (exact) mass is 234 g/mol. The Balaban J connectivity index is 2.14. The topological polar surface area (TPSA) is 38.5 Å². The molecule has 3 nitrogen and oxygen atoms in total. The van der Waals surface area contributed by atoms with Crippen molar-refractivity contribution in [1.29, 1.82) is 0 Å². The molecule has 1 aromatic carbocycles. The maximum Gasteiger partial charge on any atom is 0.0508 e. The van der Waals surface area contributed by atoms with Crippen molar-refractivity contribution < 1.29 is 4.74 Å². The van der Waals surface area contributed by atoms with E-state index in [0.717, 1.165) is 19.7 Å². The number of methoxy groups -OCH3 is 1. The van der Waals surface area contributed by atoms with Gasteiger partial charge < -0.3 is 15.4 Å². The number of hydrogen-bond donors (Lipinski definition) is 1. The molecule has 94 valence electrons. The van der Waals surface area contributed by atoms with Crippen LogP contribution in [0.5, 0.6) is 0 Å². The zero-order valence-electron chi connectivity index (χ0n) is 10.8. The molecule has 0 radical (unpaired) electrons. The molecule has 1 heterocycles. The zero-order valence-corrected chi connectivity index (χ0v) is 10.8. The van der Waals surface area contributed by atoms with Crippen LogP contribution in [0.15, 0.2) is 18.2 Å². The SMILES string of the molecule is COCC1CCN(c2cc(C)ccc2CN)C1. The van der Waals surface area contributed by atoms with E-state index in [4.69, 9.17) is 10.5 Å². The van der Waals surface area contributed by atoms with Gasteiger partial charge in [-0.05, 0) is 30.5 Å². The number of benzene rings is 1. The van der Waals surface area contributed by atoms with Crippen molar-refractivity contribution in [3.05, 3.63) is 29.3 Å². The van der Waals surface area contributed by atoms with E-state index in [1.807, 2.05) is 0 Å². The van der Waals surface area contributed by atoms with Gasteiger partial charge in [-0.25, -0.2) is 0 Å². The fourth-order valence-electron chi connectivity index (χ4n) is 2.56. The minimum atomic E-state index is 0.612. The molecule has 1 atom stereocenters. The van der Waals surface area contributed by atoms with E-state index in [-0.39, 0.29) is 0 Å². The van der Waals surface area contributed by atoms with Crippen molar-refractivity contribution in [2.45, 2.75) is 19.9 Å². The van der Waals surface area contributed by atoms with Crippen molar-refractivity contribution >= 4 is 5.69 Å². The number of ether oxygens (including phenoxy) is 1. The molecule has 1 fully saturated rings. The van der Waals surface area contributed by atoms with Gasteiger partial charge in [-0.3, -0.25) is 0 Å². The van der Waals surface area contributed by atoms with Gasteiger partial charge in [0.25, 0.3) is 0 Å². The lowest BCUT2D eigenvalue weighted by Gasteiger charge is -2.22. The van der Waals surface area contributed by atoms with Crippen molar-refractivity contribution in [2.75, 3.05) is 31.7 Å². The van der Waals surface area contributed by atoms with E-state index >= 15 is 0 Å². The first-order chi connectivity index (χ1) is 8.24. The Kier molecular flexibility index (Phi) is 4.02. The Labute approximate surface area is 104 Å². The highest BCUT2D eigenvalue weighted by molar-refractivity contribution is 5.56. The second-order valence-electron chi connectivity index (χ2n) is 4.89. The molecule has 1 aliphatic rings. The van der Waals surface area contributed by atoms with Crippen LogP contribution in [0, 0.1) is 12.8 Å². The summed E-state index contributed by atoms with van der Waals surface area (Å²) in [5, 5.41) is 0. The summed E-state index contributed by atoms with van der Waals surface area (Å²) >= 11 is 0. The summed E-state index contributed by atoms with van der Waals surface area (Å²) in [5.41, 5.74) is 9.66. The second kappa shape index (κ2) is 5.52. The van der Waals surface area contributed by atoms with Crippen LogP contribution in [-0.2, 0) is 11.3 Å². The Bertz CT molecular complexity index is 378. The maximum atomic E-state index is 5.81. The zero-order chi connectivity index (χ0) is 12.3. The third-order valence-corrected chi connectivity index (χ3v) is 3.49. The van der Waals surface area contributed by atoms with Gasteiger partial charge >= 0.3 is 0 Å². The quantitative estimate of drug-likeness (QED) is 0.865. The van der Waals surface area contributed by atoms with E-state index in [0.29, 0.717) is 12.5 Å². The summed E-state index contributed by atoms with van der Waals surface area (Å²) < 4.78 is 5.24. The van der Waals surface area contributed by atoms with Gasteiger partial charge in [0.1, 0.15) is 0 Å². The lowest BCUT2D eigenvalue weighted by atomic mass is 10.1. The third-order valence-electron chi connectivity index (χ3n) is 3.49. The van der Waals surface area contributed by atoms with Crippen LogP contribution in [0.2, 0.25) is 0 Å². The number of hydrogen-bond acceptors (Lipinski definition) is 3. The number of aryl methyl sites for hydroxylation is 1. The average Bonchev–Trinajstić information content (AvgIpc) is 2.78. The van der Waals surface area contributed by atoms with E-state index in [2.05, 4.69) is 30.0 Å². The fourth-order valence-corrected chi connectivity index (χ4v) is 2.56. The van der Waals surface area contributed by atoms with E-state index in [1.165, 1.54) is 23.2 Å². The molecule has 1 unspecified atom stereocenters. The van der Waals surface area contributed by atoms with Gasteiger partial charge in [-0.2, -0.15) is 0 Å². The number of nitrogens with two attached hydrogens (primary N) is 1. The van der Waals surface area contributed by atoms with Crippen molar-refractivity contribution in [1.82, 2.24) is 0 Å². The first kappa shape index (κ1) is 12.4. The molecule has 2 rings (SSSR count). The highest BCUT2D eigenvalue weighted by atomic mass is 16.5. The summed E-state index contributed by atoms with van der Waals surface area (Å²) in [5.74, 6) is 0.658. The molecular weight excluding hydrogens is 212 g/mol. The summed E-state index contributed by atoms with van der Waals surface area (Å²) in [7, 11) is 1.78. The summed E-state index contributed by atoms with van der Waals surface area (Å²) in [6, 6.07) is 6.53. The number of nitrogens with zero attached hydrogens (tertiary/aromatic N) is 1. The van der Waals surface area contributed by atoms with Crippen LogP contribution in [0.25, 0.3) is 0 Å². The molecule has 0 saturated carbocycles. The van der Waals surface area contributed by atoms with Crippen LogP contribution in [0.1, 0.15) is 17.5 Å². The molecule has 1 aliphatic heterocycles. The van der Waals surface area contributed by atoms with Crippen molar-refractivity contribution in [2.24, 2.45) is 11.7 Å². The first-order valence-electron chi connectivity index (χ1n) is 6.28. The second-order valence-corrected chi connectivity index (χ2v) is 4.89. The maximum absolute atomic E-state index is 5.81. The highest BCUT2D eigenvalue weighted by Gasteiger charge is 2.23. The number of anilines is 1.